The Bertz CT molecular complexity index is 730. The van der Waals surface area contributed by atoms with Crippen molar-refractivity contribution < 1.29 is 4.39 Å². The molecule has 0 N–H and O–H groups in total. The van der Waals surface area contributed by atoms with Gasteiger partial charge in [-0.2, -0.15) is 0 Å². The van der Waals surface area contributed by atoms with E-state index < -0.39 is 0 Å². The Morgan fingerprint density at radius 3 is 2.67 bits per heavy atom. The minimum absolute atomic E-state index is 0.128. The Kier molecular flexibility index (Phi) is 3.73. The maximum atomic E-state index is 14.6. The first-order valence-electron chi connectivity index (χ1n) is 7.04. The number of benzene rings is 2. The fraction of sp³-hybridized carbons (Fsp3) is 0.278. The van der Waals surface area contributed by atoms with Gasteiger partial charge in [0.05, 0.1) is 6.57 Å². The summed E-state index contributed by atoms with van der Waals surface area (Å²) in [4.78, 5) is 4.51. The summed E-state index contributed by atoms with van der Waals surface area (Å²) < 4.78 is 14.6. The number of thioether (sulfide) groups is 1. The van der Waals surface area contributed by atoms with Gasteiger partial charge in [-0.05, 0) is 28.7 Å². The summed E-state index contributed by atoms with van der Waals surface area (Å²) in [6, 6.07) is 11.9. The quantitative estimate of drug-likeness (QED) is 0.605. The van der Waals surface area contributed by atoms with E-state index >= 15 is 0 Å². The van der Waals surface area contributed by atoms with Gasteiger partial charge in [-0.1, -0.05) is 44.2 Å². The lowest BCUT2D eigenvalue weighted by Crippen LogP contribution is -2.11. The van der Waals surface area contributed by atoms with Crippen LogP contribution in [-0.4, -0.2) is 0 Å². The standard InChI is InChI=1S/C18H16FNS/c1-11(2)17-12-8-9-15(20-3)18(19)14(12)10-21-16-7-5-4-6-13(16)17/h4-9,11,17H,10H2,1-2H3. The van der Waals surface area contributed by atoms with Gasteiger partial charge in [0.2, 0.25) is 5.69 Å². The summed E-state index contributed by atoms with van der Waals surface area (Å²) in [6.07, 6.45) is 0. The molecule has 1 aliphatic rings. The SMILES string of the molecule is [C-]#[N+]c1ccc2c(c1F)CSc1ccccc1C2C(C)C. The summed E-state index contributed by atoms with van der Waals surface area (Å²) in [7, 11) is 0. The van der Waals surface area contributed by atoms with Crippen molar-refractivity contribution in [3.05, 3.63) is 70.3 Å². The molecule has 1 heterocycles. The molecule has 0 amide bonds. The second kappa shape index (κ2) is 5.54. The summed E-state index contributed by atoms with van der Waals surface area (Å²) in [5.41, 5.74) is 3.13. The van der Waals surface area contributed by atoms with E-state index in [1.54, 1.807) is 17.8 Å². The smallest absolute Gasteiger partial charge is 0.222 e. The number of hydrogen-bond donors (Lipinski definition) is 0. The first kappa shape index (κ1) is 14.2. The first-order chi connectivity index (χ1) is 10.1. The Morgan fingerprint density at radius 1 is 1.19 bits per heavy atom. The number of nitrogens with zero attached hydrogens (tertiary/aromatic N) is 1. The van der Waals surface area contributed by atoms with E-state index in [0.29, 0.717) is 17.2 Å². The van der Waals surface area contributed by atoms with Gasteiger partial charge in [-0.15, -0.1) is 11.8 Å². The topological polar surface area (TPSA) is 4.36 Å². The van der Waals surface area contributed by atoms with E-state index in [-0.39, 0.29) is 17.4 Å². The van der Waals surface area contributed by atoms with E-state index in [0.717, 1.165) is 5.56 Å². The molecule has 0 bridgehead atoms. The molecule has 1 aliphatic heterocycles. The lowest BCUT2D eigenvalue weighted by Gasteiger charge is -2.24. The van der Waals surface area contributed by atoms with Gasteiger partial charge in [-0.3, -0.25) is 0 Å². The number of fused-ring (bicyclic) bond motifs is 2. The summed E-state index contributed by atoms with van der Waals surface area (Å²) >= 11 is 1.66. The predicted octanol–water partition coefficient (Wildman–Crippen LogP) is 5.77. The van der Waals surface area contributed by atoms with Crippen LogP contribution in [0.15, 0.2) is 41.3 Å². The van der Waals surface area contributed by atoms with E-state index in [2.05, 4.69) is 30.8 Å². The lowest BCUT2D eigenvalue weighted by molar-refractivity contribution is 0.548. The van der Waals surface area contributed by atoms with Gasteiger partial charge in [0.1, 0.15) is 5.82 Å². The average molecular weight is 297 g/mol. The van der Waals surface area contributed by atoms with Gasteiger partial charge in [-0.25, -0.2) is 9.24 Å². The van der Waals surface area contributed by atoms with Crippen molar-refractivity contribution in [2.75, 3.05) is 0 Å². The van der Waals surface area contributed by atoms with E-state index in [1.165, 1.54) is 10.5 Å². The summed E-state index contributed by atoms with van der Waals surface area (Å²) in [6.45, 7) is 11.4. The van der Waals surface area contributed by atoms with Gasteiger partial charge >= 0.3 is 0 Å². The highest BCUT2D eigenvalue weighted by atomic mass is 32.2. The van der Waals surface area contributed by atoms with Crippen molar-refractivity contribution >= 4 is 17.4 Å². The van der Waals surface area contributed by atoms with E-state index in [9.17, 15) is 4.39 Å². The van der Waals surface area contributed by atoms with Gasteiger partial charge in [0, 0.05) is 16.6 Å². The van der Waals surface area contributed by atoms with E-state index in [1.807, 2.05) is 18.2 Å². The molecule has 0 aromatic heterocycles. The second-order valence-electron chi connectivity index (χ2n) is 5.63. The molecule has 3 rings (SSSR count). The van der Waals surface area contributed by atoms with Crippen LogP contribution < -0.4 is 0 Å². The molecule has 0 spiro atoms. The number of halogens is 1. The zero-order valence-electron chi connectivity index (χ0n) is 12.1. The third-order valence-corrected chi connectivity index (χ3v) is 5.12. The second-order valence-corrected chi connectivity index (χ2v) is 6.64. The van der Waals surface area contributed by atoms with Crippen LogP contribution in [-0.2, 0) is 5.75 Å². The molecule has 0 radical (unpaired) electrons. The van der Waals surface area contributed by atoms with Crippen LogP contribution in [0, 0.1) is 18.3 Å². The summed E-state index contributed by atoms with van der Waals surface area (Å²) in [5, 5.41) is 0. The molecule has 1 nitrogen and oxygen atoms in total. The molecule has 1 unspecified atom stereocenters. The molecule has 0 fully saturated rings. The van der Waals surface area contributed by atoms with Crippen LogP contribution in [0.1, 0.15) is 36.5 Å². The minimum Gasteiger partial charge on any atom is -0.235 e. The molecule has 1 atom stereocenters. The highest BCUT2D eigenvalue weighted by molar-refractivity contribution is 7.98. The Morgan fingerprint density at radius 2 is 1.95 bits per heavy atom. The van der Waals surface area contributed by atoms with Gasteiger partial charge in [0.25, 0.3) is 0 Å². The molecule has 0 saturated carbocycles. The van der Waals surface area contributed by atoms with Crippen molar-refractivity contribution in [1.82, 2.24) is 0 Å². The number of rotatable bonds is 1. The van der Waals surface area contributed by atoms with Crippen LogP contribution in [0.2, 0.25) is 0 Å². The zero-order valence-corrected chi connectivity index (χ0v) is 12.9. The first-order valence-corrected chi connectivity index (χ1v) is 8.02. The highest BCUT2D eigenvalue weighted by Crippen LogP contribution is 2.45. The van der Waals surface area contributed by atoms with Crippen LogP contribution in [0.25, 0.3) is 4.85 Å². The fourth-order valence-electron chi connectivity index (χ4n) is 3.05. The fourth-order valence-corrected chi connectivity index (χ4v) is 4.18. The molecular formula is C18H16FNS. The molecule has 21 heavy (non-hydrogen) atoms. The molecule has 2 aromatic carbocycles. The van der Waals surface area contributed by atoms with Crippen molar-refractivity contribution in [3.63, 3.8) is 0 Å². The Labute approximate surface area is 129 Å². The maximum absolute atomic E-state index is 14.6. The van der Waals surface area contributed by atoms with Crippen LogP contribution in [0.4, 0.5) is 10.1 Å². The minimum atomic E-state index is -0.339. The average Bonchev–Trinajstić information content (AvgIpc) is 2.64. The van der Waals surface area contributed by atoms with Gasteiger partial charge in [0.15, 0.2) is 0 Å². The molecule has 2 aromatic rings. The van der Waals surface area contributed by atoms with Crippen molar-refractivity contribution in [1.29, 1.82) is 0 Å². The predicted molar refractivity (Wildman–Crippen MR) is 85.3 cm³/mol. The van der Waals surface area contributed by atoms with Crippen molar-refractivity contribution in [3.8, 4) is 0 Å². The Balaban J connectivity index is 2.26. The van der Waals surface area contributed by atoms with Crippen LogP contribution in [0.5, 0.6) is 0 Å². The van der Waals surface area contributed by atoms with Crippen molar-refractivity contribution in [2.24, 2.45) is 5.92 Å². The lowest BCUT2D eigenvalue weighted by atomic mass is 9.80. The van der Waals surface area contributed by atoms with Crippen LogP contribution >= 0.6 is 11.8 Å². The molecule has 106 valence electrons. The molecule has 0 aliphatic carbocycles. The van der Waals surface area contributed by atoms with Gasteiger partial charge < -0.3 is 0 Å². The Hall–Kier alpha value is -1.79. The maximum Gasteiger partial charge on any atom is 0.222 e. The third-order valence-electron chi connectivity index (χ3n) is 4.01. The summed E-state index contributed by atoms with van der Waals surface area (Å²) in [5.74, 6) is 0.806. The number of hydrogen-bond acceptors (Lipinski definition) is 1. The van der Waals surface area contributed by atoms with Crippen molar-refractivity contribution in [2.45, 2.75) is 30.4 Å². The molecule has 3 heteroatoms. The monoisotopic (exact) mass is 297 g/mol. The normalized spacial score (nSPS) is 16.8. The van der Waals surface area contributed by atoms with E-state index in [4.69, 9.17) is 6.57 Å². The zero-order chi connectivity index (χ0) is 15.0. The van der Waals surface area contributed by atoms with Crippen LogP contribution in [0.3, 0.4) is 0 Å². The largest absolute Gasteiger partial charge is 0.235 e. The third kappa shape index (κ3) is 2.34. The molecular weight excluding hydrogens is 281 g/mol. The highest BCUT2D eigenvalue weighted by Gasteiger charge is 2.28. The molecule has 0 saturated heterocycles.